The molecule has 3 heterocycles. The summed E-state index contributed by atoms with van der Waals surface area (Å²) in [4.78, 5) is 36.9. The Labute approximate surface area is 164 Å². The Morgan fingerprint density at radius 1 is 1.21 bits per heavy atom. The van der Waals surface area contributed by atoms with Gasteiger partial charge in [-0.25, -0.2) is 14.8 Å². The molecule has 2 fully saturated rings. The number of hydrogen-bond acceptors (Lipinski definition) is 4. The molecule has 0 spiro atoms. The van der Waals surface area contributed by atoms with Gasteiger partial charge in [-0.3, -0.25) is 4.79 Å². The number of hydrogen-bond donors (Lipinski definition) is 1. The minimum atomic E-state index is -0.110. The molecule has 28 heavy (non-hydrogen) atoms. The lowest BCUT2D eigenvalue weighted by Crippen LogP contribution is -2.41. The lowest BCUT2D eigenvalue weighted by molar-refractivity contribution is -0.117. The smallest absolute Gasteiger partial charge is 0.321 e. The SMILES string of the molecule is Cc1ccc(NC(=O)N2CCCC(c3ccncn3)C2)cc1N1CCCC1=O. The van der Waals surface area contributed by atoms with Crippen LogP contribution in [0, 0.1) is 6.92 Å². The number of urea groups is 1. The van der Waals surface area contributed by atoms with Crippen molar-refractivity contribution in [1.29, 1.82) is 0 Å². The molecule has 3 amide bonds. The summed E-state index contributed by atoms with van der Waals surface area (Å²) in [6.07, 6.45) is 6.74. The van der Waals surface area contributed by atoms with Gasteiger partial charge in [-0.15, -0.1) is 0 Å². The largest absolute Gasteiger partial charge is 0.324 e. The van der Waals surface area contributed by atoms with Gasteiger partial charge in [-0.2, -0.15) is 0 Å². The van der Waals surface area contributed by atoms with Crippen LogP contribution < -0.4 is 10.2 Å². The van der Waals surface area contributed by atoms with Crippen LogP contribution in [0.2, 0.25) is 0 Å². The van der Waals surface area contributed by atoms with Gasteiger partial charge in [0.25, 0.3) is 0 Å². The first kappa shape index (κ1) is 18.4. The highest BCUT2D eigenvalue weighted by Crippen LogP contribution is 2.29. The average molecular weight is 379 g/mol. The lowest BCUT2D eigenvalue weighted by Gasteiger charge is -2.32. The zero-order valence-electron chi connectivity index (χ0n) is 16.1. The first-order valence-electron chi connectivity index (χ1n) is 9.84. The number of rotatable bonds is 3. The highest BCUT2D eigenvalue weighted by atomic mass is 16.2. The molecule has 1 aromatic carbocycles. The average Bonchev–Trinajstić information content (AvgIpc) is 3.16. The van der Waals surface area contributed by atoms with Crippen LogP contribution in [0.25, 0.3) is 0 Å². The molecule has 2 saturated heterocycles. The van der Waals surface area contributed by atoms with Crippen LogP contribution in [-0.2, 0) is 4.79 Å². The van der Waals surface area contributed by atoms with E-state index in [1.54, 1.807) is 12.5 Å². The molecule has 1 aromatic heterocycles. The number of likely N-dealkylation sites (tertiary alicyclic amines) is 1. The van der Waals surface area contributed by atoms with Crippen molar-refractivity contribution in [2.75, 3.05) is 29.9 Å². The number of nitrogens with one attached hydrogen (secondary N) is 1. The summed E-state index contributed by atoms with van der Waals surface area (Å²) in [5.74, 6) is 0.383. The Morgan fingerprint density at radius 3 is 2.86 bits per heavy atom. The van der Waals surface area contributed by atoms with Crippen molar-refractivity contribution in [3.63, 3.8) is 0 Å². The van der Waals surface area contributed by atoms with Crippen LogP contribution in [0.4, 0.5) is 16.2 Å². The molecule has 7 heteroatoms. The van der Waals surface area contributed by atoms with Gasteiger partial charge in [-0.05, 0) is 49.9 Å². The number of aromatic nitrogens is 2. The van der Waals surface area contributed by atoms with Gasteiger partial charge in [0.05, 0.1) is 0 Å². The van der Waals surface area contributed by atoms with E-state index in [4.69, 9.17) is 0 Å². The minimum Gasteiger partial charge on any atom is -0.324 e. The Kier molecular flexibility index (Phi) is 5.23. The van der Waals surface area contributed by atoms with E-state index in [2.05, 4.69) is 15.3 Å². The highest BCUT2D eigenvalue weighted by Gasteiger charge is 2.26. The number of amides is 3. The second-order valence-corrected chi connectivity index (χ2v) is 7.50. The fraction of sp³-hybridized carbons (Fsp3) is 0.429. The van der Waals surface area contributed by atoms with Crippen LogP contribution in [0.15, 0.2) is 36.8 Å². The van der Waals surface area contributed by atoms with Crippen molar-refractivity contribution in [3.8, 4) is 0 Å². The van der Waals surface area contributed by atoms with E-state index in [1.165, 1.54) is 0 Å². The maximum absolute atomic E-state index is 12.8. The van der Waals surface area contributed by atoms with Crippen LogP contribution in [-0.4, -0.2) is 46.4 Å². The molecule has 2 aliphatic heterocycles. The van der Waals surface area contributed by atoms with Crippen molar-refractivity contribution >= 4 is 23.3 Å². The van der Waals surface area contributed by atoms with Crippen LogP contribution in [0.1, 0.15) is 42.9 Å². The quantitative estimate of drug-likeness (QED) is 0.887. The molecule has 0 radical (unpaired) electrons. The summed E-state index contributed by atoms with van der Waals surface area (Å²) in [6, 6.07) is 7.56. The van der Waals surface area contributed by atoms with Gasteiger partial charge < -0.3 is 15.1 Å². The monoisotopic (exact) mass is 379 g/mol. The van der Waals surface area contributed by atoms with Gasteiger partial charge in [0, 0.05) is 55.2 Å². The second kappa shape index (κ2) is 7.96. The van der Waals surface area contributed by atoms with Gasteiger partial charge in [-0.1, -0.05) is 6.07 Å². The number of carbonyl (C=O) groups is 2. The fourth-order valence-corrected chi connectivity index (χ4v) is 4.03. The molecule has 2 aliphatic rings. The lowest BCUT2D eigenvalue weighted by atomic mass is 9.95. The summed E-state index contributed by atoms with van der Waals surface area (Å²) >= 11 is 0. The standard InChI is InChI=1S/C21H25N5O2/c1-15-6-7-17(12-19(15)26-11-3-5-20(26)27)24-21(28)25-10-2-4-16(13-25)18-8-9-22-14-23-18/h6-9,12,14,16H,2-5,10-11,13H2,1H3,(H,24,28). The summed E-state index contributed by atoms with van der Waals surface area (Å²) in [5.41, 5.74) is 3.62. The van der Waals surface area contributed by atoms with E-state index in [9.17, 15) is 9.59 Å². The summed E-state index contributed by atoms with van der Waals surface area (Å²) in [6.45, 7) is 4.11. The molecule has 1 unspecified atom stereocenters. The molecule has 0 saturated carbocycles. The summed E-state index contributed by atoms with van der Waals surface area (Å²) in [5, 5.41) is 3.01. The van der Waals surface area contributed by atoms with Gasteiger partial charge in [0.15, 0.2) is 0 Å². The minimum absolute atomic E-state index is 0.110. The van der Waals surface area contributed by atoms with E-state index < -0.39 is 0 Å². The third kappa shape index (κ3) is 3.83. The van der Waals surface area contributed by atoms with E-state index in [0.717, 1.165) is 55.0 Å². The molecule has 4 rings (SSSR count). The first-order chi connectivity index (χ1) is 13.6. The normalized spacial score (nSPS) is 19.8. The fourth-order valence-electron chi connectivity index (χ4n) is 4.03. The van der Waals surface area contributed by atoms with Gasteiger partial charge in [0.2, 0.25) is 5.91 Å². The van der Waals surface area contributed by atoms with Crippen LogP contribution in [0.5, 0.6) is 0 Å². The number of benzene rings is 1. The molecular weight excluding hydrogens is 354 g/mol. The summed E-state index contributed by atoms with van der Waals surface area (Å²) in [7, 11) is 0. The predicted molar refractivity (Wildman–Crippen MR) is 107 cm³/mol. The van der Waals surface area contributed by atoms with Gasteiger partial charge >= 0.3 is 6.03 Å². The van der Waals surface area contributed by atoms with Crippen molar-refractivity contribution in [2.24, 2.45) is 0 Å². The van der Waals surface area contributed by atoms with Crippen molar-refractivity contribution in [2.45, 2.75) is 38.5 Å². The Hall–Kier alpha value is -2.96. The topological polar surface area (TPSA) is 78.4 Å². The number of aryl methyl sites for hydroxylation is 1. The number of carbonyl (C=O) groups excluding carboxylic acids is 2. The maximum atomic E-state index is 12.8. The molecule has 146 valence electrons. The zero-order chi connectivity index (χ0) is 19.5. The molecule has 2 aromatic rings. The van der Waals surface area contributed by atoms with Crippen LogP contribution >= 0.6 is 0 Å². The second-order valence-electron chi connectivity index (χ2n) is 7.50. The predicted octanol–water partition coefficient (Wildman–Crippen LogP) is 3.32. The first-order valence-corrected chi connectivity index (χ1v) is 9.84. The zero-order valence-corrected chi connectivity index (χ0v) is 16.1. The van der Waals surface area contributed by atoms with Crippen molar-refractivity contribution in [1.82, 2.24) is 14.9 Å². The van der Waals surface area contributed by atoms with E-state index in [1.807, 2.05) is 41.0 Å². The van der Waals surface area contributed by atoms with E-state index in [-0.39, 0.29) is 17.9 Å². The molecule has 1 N–H and O–H groups in total. The Morgan fingerprint density at radius 2 is 2.11 bits per heavy atom. The van der Waals surface area contributed by atoms with E-state index >= 15 is 0 Å². The number of nitrogens with zero attached hydrogens (tertiary/aromatic N) is 4. The van der Waals surface area contributed by atoms with Crippen molar-refractivity contribution in [3.05, 3.63) is 48.0 Å². The third-order valence-corrected chi connectivity index (χ3v) is 5.56. The number of anilines is 2. The number of piperidine rings is 1. The molecule has 0 bridgehead atoms. The van der Waals surface area contributed by atoms with E-state index in [0.29, 0.717) is 13.0 Å². The van der Waals surface area contributed by atoms with Gasteiger partial charge in [0.1, 0.15) is 6.33 Å². The summed E-state index contributed by atoms with van der Waals surface area (Å²) < 4.78 is 0. The molecule has 7 nitrogen and oxygen atoms in total. The highest BCUT2D eigenvalue weighted by molar-refractivity contribution is 5.97. The molecule has 1 atom stereocenters. The molecule has 0 aliphatic carbocycles. The van der Waals surface area contributed by atoms with Crippen molar-refractivity contribution < 1.29 is 9.59 Å². The third-order valence-electron chi connectivity index (χ3n) is 5.56. The molecular formula is C21H25N5O2. The van der Waals surface area contributed by atoms with Crippen LogP contribution in [0.3, 0.4) is 0 Å². The maximum Gasteiger partial charge on any atom is 0.321 e. The Balaban J connectivity index is 1.45. The Bertz CT molecular complexity index is 870.